The second kappa shape index (κ2) is 7.86. The molecular formula is C22H24N4O2. The molecule has 0 aliphatic rings. The van der Waals surface area contributed by atoms with Gasteiger partial charge in [0.25, 0.3) is 5.91 Å². The number of nitrogens with one attached hydrogen (secondary N) is 1. The summed E-state index contributed by atoms with van der Waals surface area (Å²) in [6, 6.07) is 11.1. The minimum Gasteiger partial charge on any atom is -0.386 e. The Kier molecular flexibility index (Phi) is 5.51. The van der Waals surface area contributed by atoms with Gasteiger partial charge in [-0.05, 0) is 57.5 Å². The number of aryl methyl sites for hydroxylation is 2. The third-order valence-corrected chi connectivity index (χ3v) is 4.34. The van der Waals surface area contributed by atoms with Crippen LogP contribution in [0.2, 0.25) is 0 Å². The first-order valence-electron chi connectivity index (χ1n) is 9.10. The maximum Gasteiger partial charge on any atom is 0.251 e. The standard InChI is InChI=1S/C22H24N4O2/c1-14-8-15(2)26-20(25-14)13-24-21(27)17-7-5-6-16(9-17)18-10-19(12-23-11-18)22(3,4)28/h5-12,28H,13H2,1-4H3,(H,24,27). The van der Waals surface area contributed by atoms with Gasteiger partial charge in [-0.25, -0.2) is 9.97 Å². The molecule has 0 fully saturated rings. The van der Waals surface area contributed by atoms with Gasteiger partial charge >= 0.3 is 0 Å². The number of pyridine rings is 1. The Hall–Kier alpha value is -3.12. The molecule has 144 valence electrons. The van der Waals surface area contributed by atoms with E-state index in [0.717, 1.165) is 22.5 Å². The van der Waals surface area contributed by atoms with Gasteiger partial charge in [-0.1, -0.05) is 12.1 Å². The SMILES string of the molecule is Cc1cc(C)nc(CNC(=O)c2cccc(-c3cncc(C(C)(C)O)c3)c2)n1. The smallest absolute Gasteiger partial charge is 0.251 e. The lowest BCUT2D eigenvalue weighted by molar-refractivity contribution is 0.0782. The molecule has 1 amide bonds. The Balaban J connectivity index is 1.78. The first-order chi connectivity index (χ1) is 13.2. The van der Waals surface area contributed by atoms with Crippen LogP contribution < -0.4 is 5.32 Å². The highest BCUT2D eigenvalue weighted by Crippen LogP contribution is 2.25. The fourth-order valence-corrected chi connectivity index (χ4v) is 2.91. The van der Waals surface area contributed by atoms with Gasteiger partial charge in [0.2, 0.25) is 0 Å². The number of amides is 1. The summed E-state index contributed by atoms with van der Waals surface area (Å²) in [5.41, 5.74) is 3.71. The molecule has 0 atom stereocenters. The number of hydrogen-bond donors (Lipinski definition) is 2. The molecule has 3 rings (SSSR count). The number of carbonyl (C=O) groups is 1. The van der Waals surface area contributed by atoms with Crippen LogP contribution in [-0.4, -0.2) is 26.0 Å². The topological polar surface area (TPSA) is 88.0 Å². The molecule has 0 bridgehead atoms. The Morgan fingerprint density at radius 2 is 1.75 bits per heavy atom. The fraction of sp³-hybridized carbons (Fsp3) is 0.273. The van der Waals surface area contributed by atoms with Crippen LogP contribution in [0.1, 0.15) is 47.0 Å². The van der Waals surface area contributed by atoms with Crippen LogP contribution in [0, 0.1) is 13.8 Å². The summed E-state index contributed by atoms with van der Waals surface area (Å²) in [7, 11) is 0. The molecule has 0 aliphatic carbocycles. The maximum absolute atomic E-state index is 12.6. The van der Waals surface area contributed by atoms with Crippen molar-refractivity contribution < 1.29 is 9.90 Å². The minimum atomic E-state index is -0.982. The van der Waals surface area contributed by atoms with Crippen molar-refractivity contribution in [2.45, 2.75) is 39.8 Å². The molecule has 0 unspecified atom stereocenters. The number of carbonyl (C=O) groups excluding carboxylic acids is 1. The molecule has 0 saturated carbocycles. The van der Waals surface area contributed by atoms with E-state index in [1.165, 1.54) is 0 Å². The van der Waals surface area contributed by atoms with Gasteiger partial charge in [-0.15, -0.1) is 0 Å². The van der Waals surface area contributed by atoms with E-state index in [1.54, 1.807) is 32.3 Å². The predicted molar refractivity (Wildman–Crippen MR) is 108 cm³/mol. The molecule has 2 heterocycles. The molecule has 0 aliphatic heterocycles. The molecule has 28 heavy (non-hydrogen) atoms. The van der Waals surface area contributed by atoms with Gasteiger partial charge in [0.05, 0.1) is 12.1 Å². The van der Waals surface area contributed by atoms with E-state index in [0.29, 0.717) is 17.0 Å². The highest BCUT2D eigenvalue weighted by Gasteiger charge is 2.17. The Morgan fingerprint density at radius 3 is 2.43 bits per heavy atom. The van der Waals surface area contributed by atoms with Crippen molar-refractivity contribution in [3.05, 3.63) is 77.1 Å². The van der Waals surface area contributed by atoms with Crippen molar-refractivity contribution in [2.24, 2.45) is 0 Å². The van der Waals surface area contributed by atoms with Crippen molar-refractivity contribution in [1.29, 1.82) is 0 Å². The number of rotatable bonds is 5. The number of aliphatic hydroxyl groups is 1. The second-order valence-corrected chi connectivity index (χ2v) is 7.35. The van der Waals surface area contributed by atoms with Crippen LogP contribution in [0.25, 0.3) is 11.1 Å². The van der Waals surface area contributed by atoms with E-state index >= 15 is 0 Å². The van der Waals surface area contributed by atoms with E-state index in [9.17, 15) is 9.90 Å². The van der Waals surface area contributed by atoms with Gasteiger partial charge in [0.15, 0.2) is 0 Å². The van der Waals surface area contributed by atoms with Gasteiger partial charge in [0.1, 0.15) is 5.82 Å². The lowest BCUT2D eigenvalue weighted by Gasteiger charge is -2.18. The third kappa shape index (κ3) is 4.78. The Labute approximate surface area is 164 Å². The van der Waals surface area contributed by atoms with Crippen LogP contribution >= 0.6 is 0 Å². The normalized spacial score (nSPS) is 11.3. The van der Waals surface area contributed by atoms with Gasteiger partial charge < -0.3 is 10.4 Å². The molecule has 0 saturated heterocycles. The van der Waals surface area contributed by atoms with Crippen LogP contribution in [-0.2, 0) is 12.1 Å². The summed E-state index contributed by atoms with van der Waals surface area (Å²) >= 11 is 0. The quantitative estimate of drug-likeness (QED) is 0.713. The minimum absolute atomic E-state index is 0.198. The van der Waals surface area contributed by atoms with Gasteiger partial charge in [-0.2, -0.15) is 0 Å². The number of nitrogens with zero attached hydrogens (tertiary/aromatic N) is 3. The average Bonchev–Trinajstić information content (AvgIpc) is 2.65. The van der Waals surface area contributed by atoms with Gasteiger partial charge in [0, 0.05) is 40.5 Å². The molecule has 6 nitrogen and oxygen atoms in total. The predicted octanol–water partition coefficient (Wildman–Crippen LogP) is 3.31. The summed E-state index contributed by atoms with van der Waals surface area (Å²) < 4.78 is 0. The van der Waals surface area contributed by atoms with Crippen LogP contribution in [0.5, 0.6) is 0 Å². The lowest BCUT2D eigenvalue weighted by atomic mass is 9.96. The molecule has 0 radical (unpaired) electrons. The zero-order valence-electron chi connectivity index (χ0n) is 16.5. The van der Waals surface area contributed by atoms with E-state index in [2.05, 4.69) is 20.3 Å². The number of aromatic nitrogens is 3. The van der Waals surface area contributed by atoms with E-state index in [4.69, 9.17) is 0 Å². The van der Waals surface area contributed by atoms with Crippen LogP contribution in [0.15, 0.2) is 48.8 Å². The van der Waals surface area contributed by atoms with Crippen molar-refractivity contribution in [2.75, 3.05) is 0 Å². The van der Waals surface area contributed by atoms with Crippen LogP contribution in [0.3, 0.4) is 0 Å². The summed E-state index contributed by atoms with van der Waals surface area (Å²) in [5, 5.41) is 13.1. The first kappa shape index (κ1) is 19.6. The molecule has 1 aromatic carbocycles. The highest BCUT2D eigenvalue weighted by atomic mass is 16.3. The highest BCUT2D eigenvalue weighted by molar-refractivity contribution is 5.95. The number of benzene rings is 1. The largest absolute Gasteiger partial charge is 0.386 e. The van der Waals surface area contributed by atoms with E-state index in [-0.39, 0.29) is 12.5 Å². The van der Waals surface area contributed by atoms with Crippen molar-refractivity contribution in [3.63, 3.8) is 0 Å². The van der Waals surface area contributed by atoms with E-state index in [1.807, 2.05) is 44.2 Å². The Morgan fingerprint density at radius 1 is 1.04 bits per heavy atom. The molecular weight excluding hydrogens is 352 g/mol. The average molecular weight is 376 g/mol. The zero-order valence-corrected chi connectivity index (χ0v) is 16.5. The fourth-order valence-electron chi connectivity index (χ4n) is 2.91. The van der Waals surface area contributed by atoms with E-state index < -0.39 is 5.60 Å². The van der Waals surface area contributed by atoms with Crippen LogP contribution in [0.4, 0.5) is 0 Å². The summed E-state index contributed by atoms with van der Waals surface area (Å²) in [5.74, 6) is 0.389. The van der Waals surface area contributed by atoms with Crippen molar-refractivity contribution in [1.82, 2.24) is 20.3 Å². The number of hydrogen-bond acceptors (Lipinski definition) is 5. The third-order valence-electron chi connectivity index (χ3n) is 4.34. The lowest BCUT2D eigenvalue weighted by Crippen LogP contribution is -2.24. The molecule has 2 aromatic heterocycles. The molecule has 3 aromatic rings. The molecule has 0 spiro atoms. The second-order valence-electron chi connectivity index (χ2n) is 7.35. The van der Waals surface area contributed by atoms with Crippen molar-refractivity contribution in [3.8, 4) is 11.1 Å². The summed E-state index contributed by atoms with van der Waals surface area (Å²) in [6.45, 7) is 7.50. The maximum atomic E-state index is 12.6. The molecule has 6 heteroatoms. The summed E-state index contributed by atoms with van der Waals surface area (Å²) in [4.78, 5) is 25.5. The monoisotopic (exact) mass is 376 g/mol. The molecule has 2 N–H and O–H groups in total. The van der Waals surface area contributed by atoms with Gasteiger partial charge in [-0.3, -0.25) is 9.78 Å². The van der Waals surface area contributed by atoms with Crippen molar-refractivity contribution >= 4 is 5.91 Å². The zero-order chi connectivity index (χ0) is 20.3. The first-order valence-corrected chi connectivity index (χ1v) is 9.10. The summed E-state index contributed by atoms with van der Waals surface area (Å²) in [6.07, 6.45) is 3.36. The Bertz CT molecular complexity index is 989.